The van der Waals surface area contributed by atoms with Crippen molar-refractivity contribution in [1.82, 2.24) is 0 Å². The van der Waals surface area contributed by atoms with E-state index in [0.717, 1.165) is 12.3 Å². The standard InChI is InChI=1S/C16H23NO4/c1-13(11-17-9-3-4-10-17)21-16(18)12-20-15-7-5-14(19-2)6-8-15/h5-8,13H,3-4,9-12H2,1-2H3/p+1/t13-/m0/s1. The zero-order chi connectivity index (χ0) is 15.1. The summed E-state index contributed by atoms with van der Waals surface area (Å²) < 4.78 is 15.8. The summed E-state index contributed by atoms with van der Waals surface area (Å²) in [7, 11) is 1.61. The van der Waals surface area contributed by atoms with Gasteiger partial charge in [-0.15, -0.1) is 0 Å². The maximum atomic E-state index is 11.7. The fraction of sp³-hybridized carbons (Fsp3) is 0.562. The van der Waals surface area contributed by atoms with E-state index in [2.05, 4.69) is 0 Å². The van der Waals surface area contributed by atoms with Crippen LogP contribution in [0.4, 0.5) is 0 Å². The van der Waals surface area contributed by atoms with E-state index < -0.39 is 0 Å². The van der Waals surface area contributed by atoms with Crippen LogP contribution in [0, 0.1) is 0 Å². The van der Waals surface area contributed by atoms with E-state index in [0.29, 0.717) is 5.75 Å². The van der Waals surface area contributed by atoms with Crippen LogP contribution >= 0.6 is 0 Å². The Morgan fingerprint density at radius 2 is 1.81 bits per heavy atom. The average molecular weight is 294 g/mol. The molecule has 21 heavy (non-hydrogen) atoms. The van der Waals surface area contributed by atoms with Gasteiger partial charge in [-0.25, -0.2) is 4.79 Å². The molecule has 5 heteroatoms. The van der Waals surface area contributed by atoms with Crippen LogP contribution < -0.4 is 14.4 Å². The molecular weight excluding hydrogens is 270 g/mol. The summed E-state index contributed by atoms with van der Waals surface area (Å²) in [6.07, 6.45) is 2.48. The van der Waals surface area contributed by atoms with Gasteiger partial charge in [-0.3, -0.25) is 0 Å². The first kappa shape index (κ1) is 15.6. The molecule has 0 amide bonds. The first-order valence-electron chi connectivity index (χ1n) is 7.47. The van der Waals surface area contributed by atoms with Gasteiger partial charge < -0.3 is 19.1 Å². The van der Waals surface area contributed by atoms with Gasteiger partial charge in [0.1, 0.15) is 24.1 Å². The van der Waals surface area contributed by atoms with Crippen LogP contribution in [-0.2, 0) is 9.53 Å². The third kappa shape index (κ3) is 5.27. The monoisotopic (exact) mass is 294 g/mol. The Bertz CT molecular complexity index is 440. The van der Waals surface area contributed by atoms with E-state index in [-0.39, 0.29) is 18.7 Å². The highest BCUT2D eigenvalue weighted by Gasteiger charge is 2.20. The summed E-state index contributed by atoms with van der Waals surface area (Å²) in [5, 5.41) is 0. The topological polar surface area (TPSA) is 49.2 Å². The van der Waals surface area contributed by atoms with Gasteiger partial charge in [0.2, 0.25) is 0 Å². The van der Waals surface area contributed by atoms with Crippen LogP contribution in [0.1, 0.15) is 19.8 Å². The van der Waals surface area contributed by atoms with Gasteiger partial charge in [0.25, 0.3) is 0 Å². The second-order valence-corrected chi connectivity index (χ2v) is 5.43. The molecular formula is C16H24NO4+. The molecule has 0 saturated carbocycles. The number of ether oxygens (including phenoxy) is 3. The van der Waals surface area contributed by atoms with Gasteiger partial charge in [-0.1, -0.05) is 0 Å². The number of rotatable bonds is 7. The Labute approximate surface area is 125 Å². The summed E-state index contributed by atoms with van der Waals surface area (Å²) in [5.74, 6) is 1.06. The molecule has 1 aliphatic rings. The van der Waals surface area contributed by atoms with Crippen molar-refractivity contribution in [3.8, 4) is 11.5 Å². The minimum atomic E-state index is -0.322. The molecule has 1 saturated heterocycles. The number of carbonyl (C=O) groups excluding carboxylic acids is 1. The molecule has 1 heterocycles. The number of benzene rings is 1. The second kappa shape index (κ2) is 7.88. The lowest BCUT2D eigenvalue weighted by Crippen LogP contribution is -3.11. The first-order chi connectivity index (χ1) is 10.2. The molecule has 5 nitrogen and oxygen atoms in total. The number of esters is 1. The SMILES string of the molecule is COc1ccc(OCC(=O)O[C@@H](C)C[NH+]2CCCC2)cc1. The zero-order valence-electron chi connectivity index (χ0n) is 12.8. The van der Waals surface area contributed by atoms with Crippen LogP contribution in [0.25, 0.3) is 0 Å². The maximum Gasteiger partial charge on any atom is 0.344 e. The lowest BCUT2D eigenvalue weighted by atomic mass is 10.3. The Hall–Kier alpha value is -1.75. The van der Waals surface area contributed by atoms with Gasteiger partial charge in [0.15, 0.2) is 6.61 Å². The first-order valence-corrected chi connectivity index (χ1v) is 7.47. The zero-order valence-corrected chi connectivity index (χ0v) is 12.8. The van der Waals surface area contributed by atoms with Crippen molar-refractivity contribution in [3.63, 3.8) is 0 Å². The number of methoxy groups -OCH3 is 1. The molecule has 1 aromatic rings. The second-order valence-electron chi connectivity index (χ2n) is 5.43. The highest BCUT2D eigenvalue weighted by molar-refractivity contribution is 5.71. The van der Waals surface area contributed by atoms with Crippen LogP contribution in [0.15, 0.2) is 24.3 Å². The van der Waals surface area contributed by atoms with E-state index in [1.165, 1.54) is 30.8 Å². The van der Waals surface area contributed by atoms with E-state index in [1.54, 1.807) is 31.4 Å². The summed E-state index contributed by atoms with van der Waals surface area (Å²) in [6, 6.07) is 7.12. The van der Waals surface area contributed by atoms with Crippen LogP contribution in [0.3, 0.4) is 0 Å². The number of carbonyl (C=O) groups is 1. The lowest BCUT2D eigenvalue weighted by Gasteiger charge is -2.18. The number of hydrogen-bond acceptors (Lipinski definition) is 4. The largest absolute Gasteiger partial charge is 0.497 e. The minimum Gasteiger partial charge on any atom is -0.497 e. The molecule has 1 N–H and O–H groups in total. The summed E-state index contributed by atoms with van der Waals surface area (Å²) in [6.45, 7) is 5.13. The molecule has 116 valence electrons. The Morgan fingerprint density at radius 1 is 1.19 bits per heavy atom. The lowest BCUT2D eigenvalue weighted by molar-refractivity contribution is -0.890. The molecule has 0 spiro atoms. The van der Waals surface area contributed by atoms with Crippen molar-refractivity contribution >= 4 is 5.97 Å². The number of hydrogen-bond donors (Lipinski definition) is 1. The van der Waals surface area contributed by atoms with E-state index in [1.807, 2.05) is 6.92 Å². The molecule has 2 rings (SSSR count). The predicted octanol–water partition coefficient (Wildman–Crippen LogP) is 0.684. The number of likely N-dealkylation sites (tertiary alicyclic amines) is 1. The summed E-state index contributed by atoms with van der Waals surface area (Å²) in [5.41, 5.74) is 0. The number of nitrogens with one attached hydrogen (secondary N) is 1. The molecule has 1 fully saturated rings. The van der Waals surface area contributed by atoms with E-state index in [4.69, 9.17) is 14.2 Å². The molecule has 0 unspecified atom stereocenters. The van der Waals surface area contributed by atoms with Crippen molar-refractivity contribution in [2.75, 3.05) is 33.4 Å². The molecule has 1 aliphatic heterocycles. The molecule has 0 aromatic heterocycles. The Morgan fingerprint density at radius 3 is 2.43 bits per heavy atom. The molecule has 0 bridgehead atoms. The Kier molecular flexibility index (Phi) is 5.87. The van der Waals surface area contributed by atoms with Gasteiger partial charge >= 0.3 is 5.97 Å². The molecule has 1 atom stereocenters. The van der Waals surface area contributed by atoms with Crippen molar-refractivity contribution in [2.24, 2.45) is 0 Å². The smallest absolute Gasteiger partial charge is 0.344 e. The fourth-order valence-electron chi connectivity index (χ4n) is 2.60. The quantitative estimate of drug-likeness (QED) is 0.752. The van der Waals surface area contributed by atoms with Crippen molar-refractivity contribution in [1.29, 1.82) is 0 Å². The minimum absolute atomic E-state index is 0.0635. The van der Waals surface area contributed by atoms with Crippen LogP contribution in [0.5, 0.6) is 11.5 Å². The normalized spacial score (nSPS) is 16.5. The summed E-state index contributed by atoms with van der Waals surface area (Å²) >= 11 is 0. The van der Waals surface area contributed by atoms with E-state index in [9.17, 15) is 4.79 Å². The summed E-state index contributed by atoms with van der Waals surface area (Å²) in [4.78, 5) is 13.3. The van der Waals surface area contributed by atoms with Gasteiger partial charge in [0, 0.05) is 12.8 Å². The third-order valence-electron chi connectivity index (χ3n) is 3.64. The Balaban J connectivity index is 1.68. The molecule has 1 aromatic carbocycles. The number of quaternary nitrogens is 1. The van der Waals surface area contributed by atoms with Crippen molar-refractivity contribution in [3.05, 3.63) is 24.3 Å². The van der Waals surface area contributed by atoms with E-state index >= 15 is 0 Å². The predicted molar refractivity (Wildman–Crippen MR) is 78.8 cm³/mol. The fourth-order valence-corrected chi connectivity index (χ4v) is 2.60. The highest BCUT2D eigenvalue weighted by Crippen LogP contribution is 2.16. The van der Waals surface area contributed by atoms with Gasteiger partial charge in [0.05, 0.1) is 20.2 Å². The average Bonchev–Trinajstić information content (AvgIpc) is 2.98. The highest BCUT2D eigenvalue weighted by atomic mass is 16.6. The van der Waals surface area contributed by atoms with Crippen LogP contribution in [0.2, 0.25) is 0 Å². The third-order valence-corrected chi connectivity index (χ3v) is 3.64. The van der Waals surface area contributed by atoms with Gasteiger partial charge in [-0.05, 0) is 31.2 Å². The van der Waals surface area contributed by atoms with Crippen molar-refractivity contribution < 1.29 is 23.9 Å². The van der Waals surface area contributed by atoms with Crippen molar-refractivity contribution in [2.45, 2.75) is 25.9 Å². The maximum absolute atomic E-state index is 11.7. The van der Waals surface area contributed by atoms with Gasteiger partial charge in [-0.2, -0.15) is 0 Å². The molecule has 0 aliphatic carbocycles. The van der Waals surface area contributed by atoms with Crippen LogP contribution in [-0.4, -0.2) is 45.4 Å². The molecule has 0 radical (unpaired) electrons.